The van der Waals surface area contributed by atoms with E-state index in [9.17, 15) is 18.0 Å². The Kier molecular flexibility index (Phi) is 5.88. The van der Waals surface area contributed by atoms with Gasteiger partial charge in [0.2, 0.25) is 10.0 Å². The summed E-state index contributed by atoms with van der Waals surface area (Å²) < 4.78 is 32.0. The lowest BCUT2D eigenvalue weighted by Crippen LogP contribution is -2.22. The van der Waals surface area contributed by atoms with E-state index in [1.165, 1.54) is 26.2 Å². The van der Waals surface area contributed by atoms with Crippen LogP contribution in [0.25, 0.3) is 22.3 Å². The summed E-state index contributed by atoms with van der Waals surface area (Å²) in [6.07, 6.45) is 0. The van der Waals surface area contributed by atoms with Gasteiger partial charge in [0.15, 0.2) is 11.0 Å². The van der Waals surface area contributed by atoms with E-state index in [1.807, 2.05) is 30.3 Å². The van der Waals surface area contributed by atoms with E-state index < -0.39 is 15.9 Å². The van der Waals surface area contributed by atoms with Gasteiger partial charge in [0.25, 0.3) is 5.91 Å². The molecule has 7 nitrogen and oxygen atoms in total. The summed E-state index contributed by atoms with van der Waals surface area (Å²) in [6.45, 7) is 1.69. The molecule has 0 bridgehead atoms. The first kappa shape index (κ1) is 22.4. The first-order valence-corrected chi connectivity index (χ1v) is 11.6. The van der Waals surface area contributed by atoms with Crippen molar-refractivity contribution in [3.05, 3.63) is 94.1 Å². The van der Waals surface area contributed by atoms with Gasteiger partial charge in [-0.3, -0.25) is 9.59 Å². The quantitative estimate of drug-likeness (QED) is 0.478. The van der Waals surface area contributed by atoms with Crippen molar-refractivity contribution in [3.8, 4) is 11.3 Å². The third kappa shape index (κ3) is 4.18. The number of benzene rings is 3. The number of sulfonamides is 1. The lowest BCUT2D eigenvalue weighted by molar-refractivity contribution is 0.102. The molecule has 0 atom stereocenters. The molecule has 0 aliphatic carbocycles. The van der Waals surface area contributed by atoms with Crippen molar-refractivity contribution in [3.63, 3.8) is 0 Å². The maximum absolute atomic E-state index is 13.1. The minimum absolute atomic E-state index is 0.0525. The van der Waals surface area contributed by atoms with Gasteiger partial charge in [0, 0.05) is 30.9 Å². The molecule has 0 saturated carbocycles. The monoisotopic (exact) mass is 462 g/mol. The molecule has 0 aliphatic heterocycles. The first-order chi connectivity index (χ1) is 15.7. The van der Waals surface area contributed by atoms with Crippen molar-refractivity contribution in [2.75, 3.05) is 19.4 Å². The fraction of sp³-hybridized carbons (Fsp3) is 0.120. The van der Waals surface area contributed by atoms with Crippen molar-refractivity contribution in [1.29, 1.82) is 0 Å². The molecule has 1 amide bonds. The van der Waals surface area contributed by atoms with E-state index >= 15 is 0 Å². The Morgan fingerprint density at radius 3 is 2.33 bits per heavy atom. The van der Waals surface area contributed by atoms with Crippen LogP contribution in [0.5, 0.6) is 0 Å². The van der Waals surface area contributed by atoms with Crippen molar-refractivity contribution in [1.82, 2.24) is 4.31 Å². The normalized spacial score (nSPS) is 11.6. The summed E-state index contributed by atoms with van der Waals surface area (Å²) in [5.74, 6) is -0.126. The molecule has 1 heterocycles. The third-order valence-electron chi connectivity index (χ3n) is 5.30. The van der Waals surface area contributed by atoms with Gasteiger partial charge in [-0.25, -0.2) is 12.7 Å². The van der Waals surface area contributed by atoms with Gasteiger partial charge in [-0.05, 0) is 37.3 Å². The Morgan fingerprint density at radius 1 is 0.939 bits per heavy atom. The van der Waals surface area contributed by atoms with Crippen LogP contribution < -0.4 is 10.7 Å². The molecule has 1 aromatic heterocycles. The molecule has 0 aliphatic rings. The maximum atomic E-state index is 13.1. The smallest absolute Gasteiger partial charge is 0.259 e. The number of fused-ring (bicyclic) bond motifs is 1. The van der Waals surface area contributed by atoms with Gasteiger partial charge in [0.05, 0.1) is 15.8 Å². The number of carbonyl (C=O) groups excluding carboxylic acids is 1. The van der Waals surface area contributed by atoms with E-state index in [0.29, 0.717) is 22.4 Å². The maximum Gasteiger partial charge on any atom is 0.259 e. The number of amides is 1. The zero-order valence-electron chi connectivity index (χ0n) is 18.3. The molecular formula is C25H22N2O5S. The van der Waals surface area contributed by atoms with Gasteiger partial charge >= 0.3 is 0 Å². The van der Waals surface area contributed by atoms with Gasteiger partial charge in [-0.2, -0.15) is 0 Å². The highest BCUT2D eigenvalue weighted by molar-refractivity contribution is 7.89. The average Bonchev–Trinajstić information content (AvgIpc) is 2.81. The summed E-state index contributed by atoms with van der Waals surface area (Å²) in [5.41, 5.74) is 1.60. The van der Waals surface area contributed by atoms with Crippen LogP contribution in [0.4, 0.5) is 5.69 Å². The summed E-state index contributed by atoms with van der Waals surface area (Å²) in [4.78, 5) is 26.2. The number of anilines is 1. The Bertz CT molecular complexity index is 1520. The second-order valence-electron chi connectivity index (χ2n) is 7.70. The zero-order chi connectivity index (χ0) is 23.8. The van der Waals surface area contributed by atoms with Crippen LogP contribution in [0, 0.1) is 6.92 Å². The number of carbonyl (C=O) groups is 1. The molecule has 33 heavy (non-hydrogen) atoms. The van der Waals surface area contributed by atoms with Crippen LogP contribution in [0.1, 0.15) is 15.9 Å². The van der Waals surface area contributed by atoms with Crippen LogP contribution in [0.3, 0.4) is 0 Å². The lowest BCUT2D eigenvalue weighted by atomic mass is 10.0. The van der Waals surface area contributed by atoms with Crippen LogP contribution in [-0.2, 0) is 10.0 Å². The topological polar surface area (TPSA) is 96.7 Å². The highest BCUT2D eigenvalue weighted by Crippen LogP contribution is 2.28. The summed E-state index contributed by atoms with van der Waals surface area (Å²) in [5, 5.41) is 3.01. The molecule has 0 spiro atoms. The summed E-state index contributed by atoms with van der Waals surface area (Å²) in [7, 11) is -0.788. The van der Waals surface area contributed by atoms with Crippen LogP contribution in [-0.4, -0.2) is 32.7 Å². The SMILES string of the molecule is Cc1c(-c2ccccc2)oc2c(C(=O)Nc3cccc(S(=O)(=O)N(C)C)c3)cccc2c1=O. The van der Waals surface area contributed by atoms with Crippen molar-refractivity contribution >= 4 is 32.6 Å². The lowest BCUT2D eigenvalue weighted by Gasteiger charge is -2.13. The van der Waals surface area contributed by atoms with Gasteiger partial charge < -0.3 is 9.73 Å². The second-order valence-corrected chi connectivity index (χ2v) is 9.85. The zero-order valence-corrected chi connectivity index (χ0v) is 19.1. The average molecular weight is 463 g/mol. The molecule has 4 aromatic rings. The Balaban J connectivity index is 1.79. The highest BCUT2D eigenvalue weighted by atomic mass is 32.2. The molecule has 0 saturated heterocycles. The van der Waals surface area contributed by atoms with Crippen LogP contribution in [0.2, 0.25) is 0 Å². The van der Waals surface area contributed by atoms with E-state index in [4.69, 9.17) is 4.42 Å². The fourth-order valence-electron chi connectivity index (χ4n) is 3.50. The minimum Gasteiger partial charge on any atom is -0.455 e. The summed E-state index contributed by atoms with van der Waals surface area (Å²) >= 11 is 0. The fourth-order valence-corrected chi connectivity index (χ4v) is 4.44. The number of hydrogen-bond donors (Lipinski definition) is 1. The van der Waals surface area contributed by atoms with Gasteiger partial charge in [-0.15, -0.1) is 0 Å². The van der Waals surface area contributed by atoms with Gasteiger partial charge in [0.1, 0.15) is 5.76 Å². The standard InChI is InChI=1S/C25H22N2O5S/c1-16-22(28)20-13-8-14-21(24(20)32-23(16)17-9-5-4-6-10-17)25(29)26-18-11-7-12-19(15-18)33(30,31)27(2)3/h4-15H,1-3H3,(H,26,29). The molecule has 8 heteroatoms. The molecular weight excluding hydrogens is 440 g/mol. The van der Waals surface area contributed by atoms with E-state index in [1.54, 1.807) is 37.3 Å². The van der Waals surface area contributed by atoms with Crippen molar-refractivity contribution in [2.24, 2.45) is 0 Å². The molecule has 168 valence electrons. The molecule has 0 unspecified atom stereocenters. The number of para-hydroxylation sites is 1. The Hall–Kier alpha value is -3.75. The van der Waals surface area contributed by atoms with Gasteiger partial charge in [-0.1, -0.05) is 42.5 Å². The van der Waals surface area contributed by atoms with Crippen molar-refractivity contribution in [2.45, 2.75) is 11.8 Å². The highest BCUT2D eigenvalue weighted by Gasteiger charge is 2.20. The first-order valence-electron chi connectivity index (χ1n) is 10.2. The minimum atomic E-state index is -3.66. The number of nitrogens with one attached hydrogen (secondary N) is 1. The number of hydrogen-bond acceptors (Lipinski definition) is 5. The van der Waals surface area contributed by atoms with Crippen LogP contribution in [0.15, 0.2) is 86.9 Å². The third-order valence-corrected chi connectivity index (χ3v) is 7.11. The molecule has 3 aromatic carbocycles. The van der Waals surface area contributed by atoms with Crippen molar-refractivity contribution < 1.29 is 17.6 Å². The predicted octanol–water partition coefficient (Wildman–Crippen LogP) is 4.27. The predicted molar refractivity (Wildman–Crippen MR) is 128 cm³/mol. The van der Waals surface area contributed by atoms with E-state index in [2.05, 4.69) is 5.32 Å². The molecule has 4 rings (SSSR count). The Labute approximate surface area is 191 Å². The molecule has 0 fully saturated rings. The number of nitrogens with zero attached hydrogens (tertiary/aromatic N) is 1. The second kappa shape index (κ2) is 8.65. The van der Waals surface area contributed by atoms with Crippen LogP contribution >= 0.6 is 0 Å². The largest absolute Gasteiger partial charge is 0.455 e. The van der Waals surface area contributed by atoms with E-state index in [0.717, 1.165) is 9.87 Å². The van der Waals surface area contributed by atoms with E-state index in [-0.39, 0.29) is 21.5 Å². The molecule has 1 N–H and O–H groups in total. The number of rotatable bonds is 5. The Morgan fingerprint density at radius 2 is 1.64 bits per heavy atom. The summed E-state index contributed by atoms with van der Waals surface area (Å²) in [6, 6.07) is 20.0. The molecule has 0 radical (unpaired) electrons.